The number of halogens is 3. The number of nitrogens with one attached hydrogen (secondary N) is 1. The Hall–Kier alpha value is -3.69. The SMILES string of the molecule is CC(C)(C)OC(=O)N1CCC(c2ccc(F)c(C(=O)NCc3c(Cl)cccc3Cl)c2)C(COc2ccc3c(c2)OCO3)C1. The summed E-state index contributed by atoms with van der Waals surface area (Å²) in [5, 5.41) is 3.54. The topological polar surface area (TPSA) is 86.3 Å². The van der Waals surface area contributed by atoms with Crippen LogP contribution >= 0.6 is 23.2 Å². The number of ether oxygens (including phenoxy) is 4. The number of amides is 2. The average Bonchev–Trinajstić information content (AvgIpc) is 3.43. The third-order valence-electron chi connectivity index (χ3n) is 7.34. The number of nitrogens with zero attached hydrogens (tertiary/aromatic N) is 1. The number of hydrogen-bond donors (Lipinski definition) is 1. The molecule has 2 heterocycles. The second-order valence-corrected chi connectivity index (χ2v) is 12.3. The first-order chi connectivity index (χ1) is 20.5. The fourth-order valence-corrected chi connectivity index (χ4v) is 5.75. The van der Waals surface area contributed by atoms with Crippen LogP contribution in [-0.2, 0) is 11.3 Å². The van der Waals surface area contributed by atoms with E-state index in [4.69, 9.17) is 42.1 Å². The number of rotatable bonds is 7. The predicted molar refractivity (Wildman–Crippen MR) is 161 cm³/mol. The third kappa shape index (κ3) is 7.46. The van der Waals surface area contributed by atoms with Crippen molar-refractivity contribution in [1.29, 1.82) is 0 Å². The van der Waals surface area contributed by atoms with Gasteiger partial charge in [0.05, 0.1) is 12.2 Å². The maximum absolute atomic E-state index is 14.9. The molecule has 43 heavy (non-hydrogen) atoms. The largest absolute Gasteiger partial charge is 0.493 e. The fraction of sp³-hybridized carbons (Fsp3) is 0.375. The number of carbonyl (C=O) groups is 2. The van der Waals surface area contributed by atoms with Crippen molar-refractivity contribution < 1.29 is 32.9 Å². The van der Waals surface area contributed by atoms with Crippen molar-refractivity contribution in [1.82, 2.24) is 10.2 Å². The Kier molecular flexibility index (Phi) is 9.22. The van der Waals surface area contributed by atoms with Crippen LogP contribution in [0.1, 0.15) is 54.6 Å². The first-order valence-corrected chi connectivity index (χ1v) is 14.7. The highest BCUT2D eigenvalue weighted by Gasteiger charge is 2.35. The van der Waals surface area contributed by atoms with E-state index in [9.17, 15) is 14.0 Å². The Labute approximate surface area is 260 Å². The van der Waals surface area contributed by atoms with Crippen LogP contribution in [0.15, 0.2) is 54.6 Å². The molecule has 1 N–H and O–H groups in total. The van der Waals surface area contributed by atoms with Crippen LogP contribution in [0.5, 0.6) is 17.2 Å². The van der Waals surface area contributed by atoms with Gasteiger partial charge in [-0.25, -0.2) is 9.18 Å². The summed E-state index contributed by atoms with van der Waals surface area (Å²) in [5.41, 5.74) is 0.585. The van der Waals surface area contributed by atoms with Crippen LogP contribution in [0.3, 0.4) is 0 Å². The van der Waals surface area contributed by atoms with Gasteiger partial charge in [-0.1, -0.05) is 35.3 Å². The van der Waals surface area contributed by atoms with E-state index in [0.717, 1.165) is 5.56 Å². The van der Waals surface area contributed by atoms with E-state index < -0.39 is 23.4 Å². The zero-order valence-corrected chi connectivity index (χ0v) is 25.6. The van der Waals surface area contributed by atoms with Gasteiger partial charge in [0.2, 0.25) is 6.79 Å². The molecule has 3 aromatic carbocycles. The minimum Gasteiger partial charge on any atom is -0.493 e. The molecule has 11 heteroatoms. The van der Waals surface area contributed by atoms with Crippen LogP contribution < -0.4 is 19.5 Å². The first kappa shape index (κ1) is 30.8. The molecule has 228 valence electrons. The van der Waals surface area contributed by atoms with E-state index in [0.29, 0.717) is 52.4 Å². The molecule has 0 radical (unpaired) electrons. The van der Waals surface area contributed by atoms with E-state index in [1.165, 1.54) is 6.07 Å². The van der Waals surface area contributed by atoms with Crippen molar-refractivity contribution in [3.8, 4) is 17.2 Å². The van der Waals surface area contributed by atoms with Crippen LogP contribution in [0, 0.1) is 11.7 Å². The molecule has 1 saturated heterocycles. The van der Waals surface area contributed by atoms with Crippen molar-refractivity contribution >= 4 is 35.2 Å². The molecule has 2 aliphatic rings. The Morgan fingerprint density at radius 2 is 1.79 bits per heavy atom. The summed E-state index contributed by atoms with van der Waals surface area (Å²) >= 11 is 12.5. The van der Waals surface area contributed by atoms with E-state index in [-0.39, 0.29) is 37.3 Å². The molecule has 3 aromatic rings. The van der Waals surface area contributed by atoms with Gasteiger partial charge in [0.1, 0.15) is 17.2 Å². The lowest BCUT2D eigenvalue weighted by atomic mass is 9.80. The Morgan fingerprint density at radius 1 is 1.05 bits per heavy atom. The van der Waals surface area contributed by atoms with Gasteiger partial charge in [0.15, 0.2) is 11.5 Å². The van der Waals surface area contributed by atoms with Crippen molar-refractivity contribution in [3.63, 3.8) is 0 Å². The highest BCUT2D eigenvalue weighted by Crippen LogP contribution is 2.38. The second kappa shape index (κ2) is 12.9. The third-order valence-corrected chi connectivity index (χ3v) is 8.05. The average molecular weight is 632 g/mol. The normalized spacial score (nSPS) is 17.9. The van der Waals surface area contributed by atoms with Crippen molar-refractivity contribution in [3.05, 3.63) is 87.2 Å². The molecule has 2 atom stereocenters. The summed E-state index contributed by atoms with van der Waals surface area (Å²) in [6.45, 7) is 6.71. The monoisotopic (exact) mass is 630 g/mol. The molecule has 2 amide bonds. The van der Waals surface area contributed by atoms with E-state index in [2.05, 4.69) is 5.32 Å². The smallest absolute Gasteiger partial charge is 0.410 e. The van der Waals surface area contributed by atoms with Gasteiger partial charge in [0, 0.05) is 47.2 Å². The highest BCUT2D eigenvalue weighted by molar-refractivity contribution is 6.36. The maximum atomic E-state index is 14.9. The van der Waals surface area contributed by atoms with Crippen LogP contribution in [0.2, 0.25) is 10.0 Å². The van der Waals surface area contributed by atoms with Gasteiger partial charge < -0.3 is 29.2 Å². The maximum Gasteiger partial charge on any atom is 0.410 e. The van der Waals surface area contributed by atoms with Crippen LogP contribution in [0.4, 0.5) is 9.18 Å². The zero-order valence-electron chi connectivity index (χ0n) is 24.1. The quantitative estimate of drug-likeness (QED) is 0.297. The predicted octanol–water partition coefficient (Wildman–Crippen LogP) is 7.21. The molecule has 1 fully saturated rings. The van der Waals surface area contributed by atoms with Gasteiger partial charge >= 0.3 is 6.09 Å². The molecule has 8 nitrogen and oxygen atoms in total. The minimum absolute atomic E-state index is 0.0429. The molecule has 0 saturated carbocycles. The van der Waals surface area contributed by atoms with E-state index >= 15 is 0 Å². The Balaban J connectivity index is 1.35. The number of hydrogen-bond acceptors (Lipinski definition) is 6. The van der Waals surface area contributed by atoms with Gasteiger partial charge in [-0.3, -0.25) is 4.79 Å². The Morgan fingerprint density at radius 3 is 2.53 bits per heavy atom. The number of likely N-dealkylation sites (tertiary alicyclic amines) is 1. The highest BCUT2D eigenvalue weighted by atomic mass is 35.5. The van der Waals surface area contributed by atoms with E-state index in [1.807, 2.05) is 20.8 Å². The van der Waals surface area contributed by atoms with Gasteiger partial charge in [-0.05, 0) is 75.1 Å². The van der Waals surface area contributed by atoms with Crippen molar-refractivity contribution in [2.75, 3.05) is 26.5 Å². The summed E-state index contributed by atoms with van der Waals surface area (Å²) < 4.78 is 37.6. The first-order valence-electron chi connectivity index (χ1n) is 14.0. The molecular formula is C32H33Cl2FN2O6. The number of carbonyl (C=O) groups excluding carboxylic acids is 2. The lowest BCUT2D eigenvalue weighted by Crippen LogP contribution is -2.46. The lowest BCUT2D eigenvalue weighted by molar-refractivity contribution is 0.0111. The minimum atomic E-state index is -0.647. The summed E-state index contributed by atoms with van der Waals surface area (Å²) in [4.78, 5) is 27.7. The molecule has 2 unspecified atom stereocenters. The molecule has 0 spiro atoms. The van der Waals surface area contributed by atoms with Gasteiger partial charge in [0.25, 0.3) is 5.91 Å². The van der Waals surface area contributed by atoms with Gasteiger partial charge in [-0.2, -0.15) is 0 Å². The summed E-state index contributed by atoms with van der Waals surface area (Å²) in [6, 6.07) is 14.9. The summed E-state index contributed by atoms with van der Waals surface area (Å²) in [7, 11) is 0. The van der Waals surface area contributed by atoms with Crippen molar-refractivity contribution in [2.24, 2.45) is 5.92 Å². The molecule has 2 aliphatic heterocycles. The number of piperidine rings is 1. The zero-order chi connectivity index (χ0) is 30.7. The molecule has 0 aliphatic carbocycles. The molecule has 5 rings (SSSR count). The Bertz CT molecular complexity index is 1490. The van der Waals surface area contributed by atoms with Crippen molar-refractivity contribution in [2.45, 2.75) is 45.3 Å². The number of fused-ring (bicyclic) bond motifs is 1. The fourth-order valence-electron chi connectivity index (χ4n) is 5.21. The van der Waals surface area contributed by atoms with Gasteiger partial charge in [-0.15, -0.1) is 0 Å². The van der Waals surface area contributed by atoms with Crippen LogP contribution in [-0.4, -0.2) is 49.0 Å². The standard InChI is InChI=1S/C32H33Cl2FN2O6/c1-32(2,3)43-31(39)37-12-11-22(20(16-37)17-40-21-8-10-28-29(14-21)42-18-41-28)19-7-9-27(35)23(13-19)30(38)36-15-24-25(33)5-4-6-26(24)34/h4-10,13-14,20,22H,11-12,15-18H2,1-3H3,(H,36,38). The number of benzene rings is 3. The summed E-state index contributed by atoms with van der Waals surface area (Å²) in [5.74, 6) is 0.288. The second-order valence-electron chi connectivity index (χ2n) is 11.5. The van der Waals surface area contributed by atoms with E-state index in [1.54, 1.807) is 53.4 Å². The molecular weight excluding hydrogens is 598 g/mol. The summed E-state index contributed by atoms with van der Waals surface area (Å²) in [6.07, 6.45) is 0.160. The molecule has 0 aromatic heterocycles. The lowest BCUT2D eigenvalue weighted by Gasteiger charge is -2.39. The molecule has 0 bridgehead atoms. The van der Waals surface area contributed by atoms with Crippen LogP contribution in [0.25, 0.3) is 0 Å².